The molecule has 3 heteroatoms. The summed E-state index contributed by atoms with van der Waals surface area (Å²) in [7, 11) is 1.67. The Labute approximate surface area is 80.4 Å². The van der Waals surface area contributed by atoms with Crippen LogP contribution in [0.4, 0.5) is 0 Å². The molecule has 1 aromatic carbocycles. The summed E-state index contributed by atoms with van der Waals surface area (Å²) in [5, 5.41) is 10.6. The van der Waals surface area contributed by atoms with Crippen LogP contribution in [0.1, 0.15) is 4.88 Å². The number of phenolic OH excluding ortho intramolecular Hbond substituents is 1. The van der Waals surface area contributed by atoms with Crippen LogP contribution in [-0.4, -0.2) is 12.2 Å². The number of benzene rings is 1. The molecule has 68 valence electrons. The maximum atomic E-state index is 9.52. The first-order valence-electron chi connectivity index (χ1n) is 4.00. The summed E-state index contributed by atoms with van der Waals surface area (Å²) < 4.78 is 5.97. The molecule has 2 nitrogen and oxygen atoms in total. The molecule has 1 aromatic heterocycles. The lowest BCUT2D eigenvalue weighted by Crippen LogP contribution is -1.79. The Morgan fingerprint density at radius 2 is 2.31 bits per heavy atom. The molecule has 0 saturated carbocycles. The Hall–Kier alpha value is -1.06. The second-order valence-corrected chi connectivity index (χ2v) is 3.98. The Morgan fingerprint density at radius 3 is 3.00 bits per heavy atom. The van der Waals surface area contributed by atoms with Crippen LogP contribution in [-0.2, 0) is 11.3 Å². The maximum Gasteiger partial charge on any atom is 0.133 e. The molecule has 0 atom stereocenters. The van der Waals surface area contributed by atoms with Crippen molar-refractivity contribution < 1.29 is 9.84 Å². The van der Waals surface area contributed by atoms with Gasteiger partial charge in [0.05, 0.1) is 11.3 Å². The second-order valence-electron chi connectivity index (χ2n) is 2.84. The van der Waals surface area contributed by atoms with Crippen molar-refractivity contribution in [2.75, 3.05) is 7.11 Å². The molecule has 2 rings (SSSR count). The van der Waals surface area contributed by atoms with Crippen molar-refractivity contribution in [2.24, 2.45) is 0 Å². The molecule has 0 saturated heterocycles. The van der Waals surface area contributed by atoms with E-state index >= 15 is 0 Å². The fourth-order valence-corrected chi connectivity index (χ4v) is 2.36. The molecule has 13 heavy (non-hydrogen) atoms. The van der Waals surface area contributed by atoms with Crippen molar-refractivity contribution >= 4 is 21.4 Å². The largest absolute Gasteiger partial charge is 0.506 e. The third-order valence-corrected chi connectivity index (χ3v) is 3.01. The third kappa shape index (κ3) is 1.53. The van der Waals surface area contributed by atoms with Crippen LogP contribution < -0.4 is 0 Å². The van der Waals surface area contributed by atoms with Gasteiger partial charge < -0.3 is 9.84 Å². The summed E-state index contributed by atoms with van der Waals surface area (Å²) in [6, 6.07) is 7.59. The van der Waals surface area contributed by atoms with Crippen molar-refractivity contribution in [1.29, 1.82) is 0 Å². The first kappa shape index (κ1) is 8.53. The normalized spacial score (nSPS) is 10.8. The first-order valence-corrected chi connectivity index (χ1v) is 4.82. The van der Waals surface area contributed by atoms with Gasteiger partial charge in [-0.05, 0) is 17.5 Å². The fourth-order valence-electron chi connectivity index (χ4n) is 1.31. The van der Waals surface area contributed by atoms with Crippen molar-refractivity contribution in [3.8, 4) is 5.75 Å². The summed E-state index contributed by atoms with van der Waals surface area (Å²) in [5.74, 6) is 0.352. The van der Waals surface area contributed by atoms with Crippen LogP contribution in [0.25, 0.3) is 10.1 Å². The molecule has 0 spiro atoms. The van der Waals surface area contributed by atoms with E-state index in [0.717, 1.165) is 15.0 Å². The Morgan fingerprint density at radius 1 is 1.46 bits per heavy atom. The van der Waals surface area contributed by atoms with E-state index in [2.05, 4.69) is 0 Å². The molecule has 0 fully saturated rings. The van der Waals surface area contributed by atoms with E-state index in [1.165, 1.54) is 0 Å². The van der Waals surface area contributed by atoms with Gasteiger partial charge in [-0.15, -0.1) is 11.3 Å². The smallest absolute Gasteiger partial charge is 0.133 e. The number of methoxy groups -OCH3 is 1. The SMILES string of the molecule is COCc1cc2cccc(O)c2s1. The van der Waals surface area contributed by atoms with Gasteiger partial charge in [0.2, 0.25) is 0 Å². The van der Waals surface area contributed by atoms with E-state index in [4.69, 9.17) is 4.74 Å². The molecule has 1 heterocycles. The number of phenols is 1. The highest BCUT2D eigenvalue weighted by Crippen LogP contribution is 2.32. The average molecular weight is 194 g/mol. The molecular formula is C10H10O2S. The minimum atomic E-state index is 0.352. The highest BCUT2D eigenvalue weighted by molar-refractivity contribution is 7.19. The monoisotopic (exact) mass is 194 g/mol. The van der Waals surface area contributed by atoms with E-state index in [0.29, 0.717) is 12.4 Å². The van der Waals surface area contributed by atoms with Crippen LogP contribution in [0.15, 0.2) is 24.3 Å². The van der Waals surface area contributed by atoms with Gasteiger partial charge >= 0.3 is 0 Å². The van der Waals surface area contributed by atoms with Crippen molar-refractivity contribution in [1.82, 2.24) is 0 Å². The van der Waals surface area contributed by atoms with Crippen LogP contribution >= 0.6 is 11.3 Å². The zero-order chi connectivity index (χ0) is 9.26. The van der Waals surface area contributed by atoms with Crippen molar-refractivity contribution in [2.45, 2.75) is 6.61 Å². The zero-order valence-electron chi connectivity index (χ0n) is 7.28. The van der Waals surface area contributed by atoms with Gasteiger partial charge in [0.15, 0.2) is 0 Å². The van der Waals surface area contributed by atoms with E-state index < -0.39 is 0 Å². The van der Waals surface area contributed by atoms with Gasteiger partial charge in [-0.3, -0.25) is 0 Å². The minimum Gasteiger partial charge on any atom is -0.506 e. The predicted octanol–water partition coefficient (Wildman–Crippen LogP) is 2.75. The van der Waals surface area contributed by atoms with Crippen molar-refractivity contribution in [3.63, 3.8) is 0 Å². The number of ether oxygens (including phenoxy) is 1. The maximum absolute atomic E-state index is 9.52. The quantitative estimate of drug-likeness (QED) is 0.796. The van der Waals surface area contributed by atoms with E-state index in [-0.39, 0.29) is 0 Å². The minimum absolute atomic E-state index is 0.352. The lowest BCUT2D eigenvalue weighted by molar-refractivity contribution is 0.187. The van der Waals surface area contributed by atoms with E-state index in [1.54, 1.807) is 24.5 Å². The van der Waals surface area contributed by atoms with Crippen LogP contribution in [0.3, 0.4) is 0 Å². The highest BCUT2D eigenvalue weighted by Gasteiger charge is 2.04. The van der Waals surface area contributed by atoms with Gasteiger partial charge in [-0.2, -0.15) is 0 Å². The topological polar surface area (TPSA) is 29.5 Å². The highest BCUT2D eigenvalue weighted by atomic mass is 32.1. The zero-order valence-corrected chi connectivity index (χ0v) is 8.10. The third-order valence-electron chi connectivity index (χ3n) is 1.86. The lowest BCUT2D eigenvalue weighted by atomic mass is 10.2. The number of fused-ring (bicyclic) bond motifs is 1. The Kier molecular flexibility index (Phi) is 2.20. The Bertz CT molecular complexity index is 420. The van der Waals surface area contributed by atoms with Gasteiger partial charge in [0, 0.05) is 12.0 Å². The summed E-state index contributed by atoms with van der Waals surface area (Å²) in [4.78, 5) is 1.14. The molecule has 0 unspecified atom stereocenters. The molecule has 0 amide bonds. The van der Waals surface area contributed by atoms with Gasteiger partial charge in [0.25, 0.3) is 0 Å². The number of hydrogen-bond donors (Lipinski definition) is 1. The van der Waals surface area contributed by atoms with Gasteiger partial charge in [-0.25, -0.2) is 0 Å². The molecule has 0 aliphatic rings. The molecule has 2 aromatic rings. The summed E-state index contributed by atoms with van der Waals surface area (Å²) in [6.07, 6.45) is 0. The molecular weight excluding hydrogens is 184 g/mol. The lowest BCUT2D eigenvalue weighted by Gasteiger charge is -1.91. The van der Waals surface area contributed by atoms with Crippen molar-refractivity contribution in [3.05, 3.63) is 29.1 Å². The molecule has 0 bridgehead atoms. The summed E-state index contributed by atoms with van der Waals surface area (Å²) in [6.45, 7) is 0.610. The van der Waals surface area contributed by atoms with Crippen LogP contribution in [0.2, 0.25) is 0 Å². The molecule has 0 radical (unpaired) electrons. The predicted molar refractivity (Wildman–Crippen MR) is 54.2 cm³/mol. The van der Waals surface area contributed by atoms with Crippen LogP contribution in [0, 0.1) is 0 Å². The second kappa shape index (κ2) is 3.36. The summed E-state index contributed by atoms with van der Waals surface area (Å²) >= 11 is 1.57. The fraction of sp³-hybridized carbons (Fsp3) is 0.200. The average Bonchev–Trinajstić information content (AvgIpc) is 2.49. The molecule has 0 aliphatic heterocycles. The number of hydrogen-bond acceptors (Lipinski definition) is 3. The standard InChI is InChI=1S/C10H10O2S/c1-12-6-8-5-7-3-2-4-9(11)10(7)13-8/h2-5,11H,6H2,1H3. The van der Waals surface area contributed by atoms with Gasteiger partial charge in [-0.1, -0.05) is 12.1 Å². The molecule has 0 aliphatic carbocycles. The van der Waals surface area contributed by atoms with Crippen LogP contribution in [0.5, 0.6) is 5.75 Å². The van der Waals surface area contributed by atoms with E-state index in [9.17, 15) is 5.11 Å². The number of rotatable bonds is 2. The molecule has 1 N–H and O–H groups in total. The number of aromatic hydroxyl groups is 1. The summed E-state index contributed by atoms with van der Waals surface area (Å²) in [5.41, 5.74) is 0. The number of thiophene rings is 1. The van der Waals surface area contributed by atoms with Gasteiger partial charge in [0.1, 0.15) is 5.75 Å². The Balaban J connectivity index is 2.55. The van der Waals surface area contributed by atoms with E-state index in [1.807, 2.05) is 18.2 Å². The first-order chi connectivity index (χ1) is 6.31.